The highest BCUT2D eigenvalue weighted by atomic mass is 32.1. The molecule has 0 bridgehead atoms. The lowest BCUT2D eigenvalue weighted by Gasteiger charge is -2.34. The maximum atomic E-state index is 12.7. The fraction of sp³-hybridized carbons (Fsp3) is 0.588. The second kappa shape index (κ2) is 9.37. The minimum Gasteiger partial charge on any atom is -0.366 e. The molecule has 11 nitrogen and oxygen atoms in total. The lowest BCUT2D eigenvalue weighted by Crippen LogP contribution is -2.60. The molecule has 0 radical (unpaired) electrons. The Bertz CT molecular complexity index is 766. The number of H-pyrrole nitrogens is 1. The van der Waals surface area contributed by atoms with Crippen molar-refractivity contribution in [1.82, 2.24) is 30.8 Å². The number of carbonyl (C=O) groups is 4. The Labute approximate surface area is 172 Å². The number of aromatic nitrogens is 2. The molecule has 0 saturated carbocycles. The number of nitrogens with one attached hydrogen (secondary N) is 4. The predicted octanol–water partition coefficient (Wildman–Crippen LogP) is -1.07. The van der Waals surface area contributed by atoms with E-state index < -0.39 is 47.3 Å². The van der Waals surface area contributed by atoms with Gasteiger partial charge in [-0.15, -0.1) is 0 Å². The molecule has 2 unspecified atom stereocenters. The van der Waals surface area contributed by atoms with Crippen molar-refractivity contribution < 1.29 is 23.9 Å². The number of nitrogens with zero attached hydrogens (tertiary/aromatic N) is 2. The van der Waals surface area contributed by atoms with Crippen molar-refractivity contribution in [2.45, 2.75) is 49.7 Å². The van der Waals surface area contributed by atoms with Gasteiger partial charge in [-0.1, -0.05) is 0 Å². The second-order valence-corrected chi connectivity index (χ2v) is 7.55. The van der Waals surface area contributed by atoms with Crippen molar-refractivity contribution in [2.75, 3.05) is 13.2 Å². The van der Waals surface area contributed by atoms with E-state index >= 15 is 0 Å². The average Bonchev–Trinajstić information content (AvgIpc) is 3.38. The van der Waals surface area contributed by atoms with Crippen molar-refractivity contribution in [3.8, 4) is 0 Å². The molecule has 0 spiro atoms. The van der Waals surface area contributed by atoms with Crippen LogP contribution in [0.5, 0.6) is 0 Å². The minimum atomic E-state index is -1.10. The van der Waals surface area contributed by atoms with Gasteiger partial charge < -0.3 is 20.4 Å². The number of imidazole rings is 1. The molecule has 0 aliphatic carbocycles. The van der Waals surface area contributed by atoms with Gasteiger partial charge in [-0.05, 0) is 26.3 Å². The Morgan fingerprint density at radius 1 is 1.45 bits per heavy atom. The van der Waals surface area contributed by atoms with Crippen molar-refractivity contribution in [1.29, 1.82) is 0 Å². The number of rotatable bonds is 5. The van der Waals surface area contributed by atoms with E-state index in [1.807, 2.05) is 0 Å². The third kappa shape index (κ3) is 5.14. The first-order valence-corrected chi connectivity index (χ1v) is 9.87. The highest BCUT2D eigenvalue weighted by Gasteiger charge is 2.38. The highest BCUT2D eigenvalue weighted by Crippen LogP contribution is 2.16. The summed E-state index contributed by atoms with van der Waals surface area (Å²) in [6, 6.07) is -2.32. The van der Waals surface area contributed by atoms with Gasteiger partial charge >= 0.3 is 6.03 Å². The lowest BCUT2D eigenvalue weighted by molar-refractivity contribution is -0.148. The molecule has 1 aromatic rings. The molecule has 2 aliphatic rings. The zero-order valence-electron chi connectivity index (χ0n) is 15.9. The van der Waals surface area contributed by atoms with Gasteiger partial charge in [0.05, 0.1) is 19.0 Å². The van der Waals surface area contributed by atoms with E-state index in [9.17, 15) is 19.2 Å². The van der Waals surface area contributed by atoms with E-state index in [0.29, 0.717) is 18.7 Å². The standard InChI is InChI=1S/C17H24N6O5S/c1-9-16(26)23(13(29)7-28-9)17(27)21-12(5-10-6-18-8-20-10)15(25)22-14(24)11-3-2-4-19-11/h6,8-9,11-13,19,29H,2-5,7H2,1H3,(H,18,20)(H,21,27)(H,22,24,25)/t9?,11-,12-,13?/m0/s1. The number of hydrogen-bond acceptors (Lipinski definition) is 8. The minimum absolute atomic E-state index is 0.0638. The number of hydrogen-bond donors (Lipinski definition) is 5. The summed E-state index contributed by atoms with van der Waals surface area (Å²) in [4.78, 5) is 57.7. The Morgan fingerprint density at radius 2 is 2.24 bits per heavy atom. The summed E-state index contributed by atoms with van der Waals surface area (Å²) in [6.45, 7) is 2.32. The van der Waals surface area contributed by atoms with Crippen LogP contribution in [-0.2, 0) is 25.5 Å². The van der Waals surface area contributed by atoms with Crippen molar-refractivity contribution in [3.63, 3.8) is 0 Å². The SMILES string of the molecule is CC1OCC(S)N(C(=O)N[C@@H](Cc2cnc[nH]2)C(=O)NC(=O)[C@@H]2CCCN2)C1=O. The topological polar surface area (TPSA) is 146 Å². The van der Waals surface area contributed by atoms with E-state index in [-0.39, 0.29) is 13.0 Å². The summed E-state index contributed by atoms with van der Waals surface area (Å²) in [5, 5.41) is 7.10. The largest absolute Gasteiger partial charge is 0.366 e. The number of thiol groups is 1. The van der Waals surface area contributed by atoms with Gasteiger partial charge in [-0.2, -0.15) is 12.6 Å². The van der Waals surface area contributed by atoms with Gasteiger partial charge in [0.1, 0.15) is 17.5 Å². The molecule has 3 heterocycles. The van der Waals surface area contributed by atoms with Crippen LogP contribution in [0.15, 0.2) is 12.5 Å². The van der Waals surface area contributed by atoms with Crippen molar-refractivity contribution in [3.05, 3.63) is 18.2 Å². The van der Waals surface area contributed by atoms with Crippen LogP contribution in [0.25, 0.3) is 0 Å². The lowest BCUT2D eigenvalue weighted by atomic mass is 10.1. The van der Waals surface area contributed by atoms with Crippen LogP contribution in [0, 0.1) is 0 Å². The zero-order valence-corrected chi connectivity index (χ0v) is 16.8. The summed E-state index contributed by atoms with van der Waals surface area (Å²) in [5.41, 5.74) is 0.584. The first kappa shape index (κ1) is 21.3. The predicted molar refractivity (Wildman–Crippen MR) is 104 cm³/mol. The third-order valence-corrected chi connectivity index (χ3v) is 5.19. The van der Waals surface area contributed by atoms with Crippen LogP contribution in [0.3, 0.4) is 0 Å². The molecular formula is C17H24N6O5S. The molecule has 2 saturated heterocycles. The van der Waals surface area contributed by atoms with Crippen LogP contribution < -0.4 is 16.0 Å². The second-order valence-electron chi connectivity index (χ2n) is 6.95. The average molecular weight is 424 g/mol. The summed E-state index contributed by atoms with van der Waals surface area (Å²) >= 11 is 4.21. The Morgan fingerprint density at radius 3 is 2.90 bits per heavy atom. The molecule has 158 valence electrons. The van der Waals surface area contributed by atoms with Crippen LogP contribution in [-0.4, -0.2) is 75.3 Å². The van der Waals surface area contributed by atoms with Crippen LogP contribution in [0.4, 0.5) is 4.79 Å². The normalized spacial score (nSPS) is 25.5. The smallest absolute Gasteiger partial charge is 0.325 e. The molecule has 3 rings (SSSR count). The quantitative estimate of drug-likeness (QED) is 0.378. The molecule has 2 aliphatic heterocycles. The number of ether oxygens (including phenoxy) is 1. The fourth-order valence-corrected chi connectivity index (χ4v) is 3.51. The molecule has 1 aromatic heterocycles. The first-order chi connectivity index (χ1) is 13.9. The molecule has 12 heteroatoms. The van der Waals surface area contributed by atoms with E-state index in [2.05, 4.69) is 38.5 Å². The first-order valence-electron chi connectivity index (χ1n) is 9.35. The number of morpholine rings is 1. The number of imide groups is 2. The number of carbonyl (C=O) groups excluding carboxylic acids is 4. The zero-order chi connectivity index (χ0) is 21.0. The molecule has 4 atom stereocenters. The van der Waals surface area contributed by atoms with Crippen LogP contribution in [0.1, 0.15) is 25.5 Å². The van der Waals surface area contributed by atoms with Gasteiger partial charge in [-0.25, -0.2) is 14.7 Å². The van der Waals surface area contributed by atoms with E-state index in [0.717, 1.165) is 11.3 Å². The fourth-order valence-electron chi connectivity index (χ4n) is 3.20. The molecule has 29 heavy (non-hydrogen) atoms. The Hall–Kier alpha value is -2.44. The van der Waals surface area contributed by atoms with Gasteiger partial charge in [-0.3, -0.25) is 19.7 Å². The van der Waals surface area contributed by atoms with Crippen LogP contribution in [0.2, 0.25) is 0 Å². The van der Waals surface area contributed by atoms with Crippen molar-refractivity contribution in [2.24, 2.45) is 0 Å². The van der Waals surface area contributed by atoms with E-state index in [4.69, 9.17) is 4.74 Å². The molecular weight excluding hydrogens is 400 g/mol. The monoisotopic (exact) mass is 424 g/mol. The Kier molecular flexibility index (Phi) is 6.87. The van der Waals surface area contributed by atoms with Gasteiger partial charge in [0, 0.05) is 18.3 Å². The molecule has 4 N–H and O–H groups in total. The van der Waals surface area contributed by atoms with E-state index in [1.54, 1.807) is 0 Å². The molecule has 5 amide bonds. The van der Waals surface area contributed by atoms with Crippen LogP contribution >= 0.6 is 12.6 Å². The summed E-state index contributed by atoms with van der Waals surface area (Å²) < 4.78 is 5.24. The van der Waals surface area contributed by atoms with Gasteiger partial charge in [0.25, 0.3) is 5.91 Å². The van der Waals surface area contributed by atoms with Gasteiger partial charge in [0.15, 0.2) is 0 Å². The molecule has 2 fully saturated rings. The highest BCUT2D eigenvalue weighted by molar-refractivity contribution is 7.81. The number of urea groups is 1. The summed E-state index contributed by atoms with van der Waals surface area (Å²) in [6.07, 6.45) is 3.71. The van der Waals surface area contributed by atoms with Crippen molar-refractivity contribution >= 4 is 36.4 Å². The molecule has 0 aromatic carbocycles. The maximum Gasteiger partial charge on any atom is 0.325 e. The third-order valence-electron chi connectivity index (χ3n) is 4.81. The number of aromatic amines is 1. The van der Waals surface area contributed by atoms with Gasteiger partial charge in [0.2, 0.25) is 11.8 Å². The summed E-state index contributed by atoms with van der Waals surface area (Å²) in [5.74, 6) is -1.67. The summed E-state index contributed by atoms with van der Waals surface area (Å²) in [7, 11) is 0. The van der Waals surface area contributed by atoms with E-state index in [1.165, 1.54) is 19.4 Å². The Balaban J connectivity index is 1.70. The maximum absolute atomic E-state index is 12.7. The number of amides is 5.